The Labute approximate surface area is 91.3 Å². The quantitative estimate of drug-likeness (QED) is 0.416. The third-order valence-corrected chi connectivity index (χ3v) is 1.93. The lowest BCUT2D eigenvalue weighted by Gasteiger charge is -2.04. The number of nitrogens with one attached hydrogen (secondary N) is 1. The summed E-state index contributed by atoms with van der Waals surface area (Å²) in [4.78, 5) is 16.0. The number of nitrogens with two attached hydrogens (primary N) is 1. The summed E-state index contributed by atoms with van der Waals surface area (Å²) in [5.74, 6) is -0.0705. The molecule has 0 unspecified atom stereocenters. The molecule has 0 atom stereocenters. The fourth-order valence-corrected chi connectivity index (χ4v) is 1.09. The van der Waals surface area contributed by atoms with Gasteiger partial charge in [-0.3, -0.25) is 9.63 Å². The number of hydrogen-bond acceptors (Lipinski definition) is 4. The highest BCUT2D eigenvalue weighted by Crippen LogP contribution is 2.01. The molecule has 3 N–H and O–H groups in total. The highest BCUT2D eigenvalue weighted by atomic mass is 16.7. The van der Waals surface area contributed by atoms with Crippen LogP contribution < -0.4 is 11.2 Å². The Bertz CT molecular complexity index is 154. The maximum Gasteiger partial charge on any atom is 0.243 e. The lowest BCUT2D eigenvalue weighted by atomic mass is 10.1. The highest BCUT2D eigenvalue weighted by Gasteiger charge is 2.00. The first-order valence-electron chi connectivity index (χ1n) is 5.41. The van der Waals surface area contributed by atoms with E-state index >= 15 is 0 Å². The average molecular weight is 218 g/mol. The number of methoxy groups -OCH3 is 1. The van der Waals surface area contributed by atoms with E-state index in [9.17, 15) is 4.79 Å². The Morgan fingerprint density at radius 2 is 1.93 bits per heavy atom. The van der Waals surface area contributed by atoms with Crippen molar-refractivity contribution in [2.24, 2.45) is 5.73 Å². The van der Waals surface area contributed by atoms with Crippen molar-refractivity contribution in [1.82, 2.24) is 5.48 Å². The van der Waals surface area contributed by atoms with Gasteiger partial charge in [0.2, 0.25) is 5.91 Å². The van der Waals surface area contributed by atoms with Gasteiger partial charge in [-0.15, -0.1) is 0 Å². The van der Waals surface area contributed by atoms with Gasteiger partial charge in [-0.1, -0.05) is 12.8 Å². The van der Waals surface area contributed by atoms with Crippen molar-refractivity contribution in [3.8, 4) is 0 Å². The number of ether oxygens (including phenoxy) is 1. The zero-order chi connectivity index (χ0) is 11.4. The molecule has 0 aliphatic carbocycles. The van der Waals surface area contributed by atoms with Crippen LogP contribution >= 0.6 is 0 Å². The number of hydroxylamine groups is 1. The van der Waals surface area contributed by atoms with E-state index in [-0.39, 0.29) is 5.91 Å². The first kappa shape index (κ1) is 14.3. The largest absolute Gasteiger partial charge is 0.382 e. The molecule has 15 heavy (non-hydrogen) atoms. The van der Waals surface area contributed by atoms with E-state index < -0.39 is 0 Å². The molecule has 5 nitrogen and oxygen atoms in total. The van der Waals surface area contributed by atoms with Crippen molar-refractivity contribution in [3.05, 3.63) is 0 Å². The Morgan fingerprint density at radius 1 is 1.20 bits per heavy atom. The van der Waals surface area contributed by atoms with Crippen LogP contribution in [-0.2, 0) is 14.4 Å². The average Bonchev–Trinajstić information content (AvgIpc) is 2.24. The van der Waals surface area contributed by atoms with Gasteiger partial charge in [-0.25, -0.2) is 5.48 Å². The van der Waals surface area contributed by atoms with Gasteiger partial charge >= 0.3 is 0 Å². The lowest BCUT2D eigenvalue weighted by molar-refractivity contribution is -0.134. The molecule has 0 spiro atoms. The van der Waals surface area contributed by atoms with Crippen LogP contribution in [0.2, 0.25) is 0 Å². The summed E-state index contributed by atoms with van der Waals surface area (Å²) in [6.45, 7) is 1.60. The number of hydrogen-bond donors (Lipinski definition) is 2. The van der Waals surface area contributed by atoms with Gasteiger partial charge in [-0.05, 0) is 19.4 Å². The minimum atomic E-state index is -0.0705. The Morgan fingerprint density at radius 3 is 2.60 bits per heavy atom. The van der Waals surface area contributed by atoms with E-state index in [2.05, 4.69) is 5.48 Å². The van der Waals surface area contributed by atoms with E-state index in [0.29, 0.717) is 19.6 Å². The van der Waals surface area contributed by atoms with Crippen molar-refractivity contribution in [3.63, 3.8) is 0 Å². The second-order valence-electron chi connectivity index (χ2n) is 3.32. The zero-order valence-electron chi connectivity index (χ0n) is 9.46. The standard InChI is InChI=1S/C10H22N2O3/c1-14-8-9-15-12-10(13)6-4-2-3-5-7-11/h2-9,11H2,1H3,(H,12,13). The van der Waals surface area contributed by atoms with E-state index in [1.54, 1.807) is 7.11 Å². The summed E-state index contributed by atoms with van der Waals surface area (Å²) in [6, 6.07) is 0. The summed E-state index contributed by atoms with van der Waals surface area (Å²) < 4.78 is 4.76. The van der Waals surface area contributed by atoms with E-state index in [0.717, 1.165) is 32.2 Å². The minimum Gasteiger partial charge on any atom is -0.382 e. The summed E-state index contributed by atoms with van der Waals surface area (Å²) in [6.07, 6.45) is 4.57. The maximum absolute atomic E-state index is 11.1. The van der Waals surface area contributed by atoms with Crippen LogP contribution in [0.4, 0.5) is 0 Å². The molecule has 0 aromatic carbocycles. The van der Waals surface area contributed by atoms with Crippen molar-refractivity contribution in [2.45, 2.75) is 32.1 Å². The Balaban J connectivity index is 3.11. The molecule has 0 aliphatic rings. The molecule has 90 valence electrons. The first-order chi connectivity index (χ1) is 7.31. The minimum absolute atomic E-state index is 0.0705. The number of carbonyl (C=O) groups excluding carboxylic acids is 1. The normalized spacial score (nSPS) is 10.3. The monoisotopic (exact) mass is 218 g/mol. The maximum atomic E-state index is 11.1. The fraction of sp³-hybridized carbons (Fsp3) is 0.900. The van der Waals surface area contributed by atoms with Gasteiger partial charge in [0.25, 0.3) is 0 Å². The smallest absolute Gasteiger partial charge is 0.243 e. The molecule has 0 radical (unpaired) electrons. The number of carbonyl (C=O) groups is 1. The van der Waals surface area contributed by atoms with Gasteiger partial charge in [0, 0.05) is 13.5 Å². The molecule has 0 bridgehead atoms. The Kier molecular flexibility index (Phi) is 10.9. The van der Waals surface area contributed by atoms with Crippen molar-refractivity contribution in [1.29, 1.82) is 0 Å². The van der Waals surface area contributed by atoms with E-state index in [1.807, 2.05) is 0 Å². The van der Waals surface area contributed by atoms with E-state index in [4.69, 9.17) is 15.3 Å². The SMILES string of the molecule is COCCONC(=O)CCCCCCN. The number of amides is 1. The van der Waals surface area contributed by atoms with E-state index in [1.165, 1.54) is 0 Å². The third-order valence-electron chi connectivity index (χ3n) is 1.93. The second kappa shape index (κ2) is 11.4. The first-order valence-corrected chi connectivity index (χ1v) is 5.41. The van der Waals surface area contributed by atoms with Gasteiger partial charge in [0.15, 0.2) is 0 Å². The third kappa shape index (κ3) is 11.3. The fourth-order valence-electron chi connectivity index (χ4n) is 1.09. The van der Waals surface area contributed by atoms with Crippen LogP contribution in [0.15, 0.2) is 0 Å². The number of unbranched alkanes of at least 4 members (excludes halogenated alkanes) is 3. The molecule has 5 heteroatoms. The summed E-state index contributed by atoms with van der Waals surface area (Å²) >= 11 is 0. The molecular weight excluding hydrogens is 196 g/mol. The van der Waals surface area contributed by atoms with Crippen LogP contribution in [0.5, 0.6) is 0 Å². The Hall–Kier alpha value is -0.650. The van der Waals surface area contributed by atoms with Crippen molar-refractivity contribution >= 4 is 5.91 Å². The molecule has 0 rings (SSSR count). The van der Waals surface area contributed by atoms with Gasteiger partial charge < -0.3 is 10.5 Å². The van der Waals surface area contributed by atoms with Crippen molar-refractivity contribution in [2.75, 3.05) is 26.9 Å². The summed E-state index contributed by atoms with van der Waals surface area (Å²) in [5, 5.41) is 0. The van der Waals surface area contributed by atoms with Crippen LogP contribution in [0.3, 0.4) is 0 Å². The van der Waals surface area contributed by atoms with Crippen LogP contribution in [0.25, 0.3) is 0 Å². The summed E-state index contributed by atoms with van der Waals surface area (Å²) in [7, 11) is 1.59. The van der Waals surface area contributed by atoms with Gasteiger partial charge in [-0.2, -0.15) is 0 Å². The lowest BCUT2D eigenvalue weighted by Crippen LogP contribution is -2.25. The topological polar surface area (TPSA) is 73.6 Å². The van der Waals surface area contributed by atoms with Crippen LogP contribution in [0.1, 0.15) is 32.1 Å². The molecule has 0 saturated carbocycles. The summed E-state index contributed by atoms with van der Waals surface area (Å²) in [5.41, 5.74) is 7.72. The highest BCUT2D eigenvalue weighted by molar-refractivity contribution is 5.74. The molecule has 1 amide bonds. The van der Waals surface area contributed by atoms with Crippen LogP contribution in [-0.4, -0.2) is 32.8 Å². The molecule has 0 aliphatic heterocycles. The molecule has 0 aromatic heterocycles. The van der Waals surface area contributed by atoms with Crippen LogP contribution in [0, 0.1) is 0 Å². The molecule has 0 fully saturated rings. The molecule has 0 heterocycles. The zero-order valence-corrected chi connectivity index (χ0v) is 9.46. The molecule has 0 saturated heterocycles. The number of rotatable bonds is 10. The van der Waals surface area contributed by atoms with Gasteiger partial charge in [0.1, 0.15) is 0 Å². The predicted octanol–water partition coefficient (Wildman–Crippen LogP) is 0.590. The second-order valence-corrected chi connectivity index (χ2v) is 3.32. The molecular formula is C10H22N2O3. The van der Waals surface area contributed by atoms with Crippen molar-refractivity contribution < 1.29 is 14.4 Å². The predicted molar refractivity (Wildman–Crippen MR) is 58.1 cm³/mol. The van der Waals surface area contributed by atoms with Gasteiger partial charge in [0.05, 0.1) is 13.2 Å². The molecule has 0 aromatic rings.